The molecule has 1 unspecified atom stereocenters. The summed E-state index contributed by atoms with van der Waals surface area (Å²) in [6.45, 7) is 2.92. The molecule has 1 fully saturated rings. The van der Waals surface area contributed by atoms with Gasteiger partial charge in [-0.15, -0.1) is 12.4 Å². The zero-order chi connectivity index (χ0) is 13.8. The molecule has 1 atom stereocenters. The second-order valence-electron chi connectivity index (χ2n) is 5.23. The van der Waals surface area contributed by atoms with E-state index in [9.17, 15) is 0 Å². The first-order valence-electron chi connectivity index (χ1n) is 7.10. The van der Waals surface area contributed by atoms with Gasteiger partial charge in [-0.3, -0.25) is 4.90 Å². The zero-order valence-corrected chi connectivity index (χ0v) is 13.0. The summed E-state index contributed by atoms with van der Waals surface area (Å²) in [7, 11) is 2.10. The van der Waals surface area contributed by atoms with Crippen LogP contribution in [0.4, 0.5) is 0 Å². The minimum absolute atomic E-state index is 0. The average Bonchev–Trinajstić information content (AvgIpc) is 2.95. The van der Waals surface area contributed by atoms with E-state index >= 15 is 0 Å². The lowest BCUT2D eigenvalue weighted by atomic mass is 10.1. The smallest absolute Gasteiger partial charge is 0.227 e. The summed E-state index contributed by atoms with van der Waals surface area (Å²) < 4.78 is 5.37. The Hall–Kier alpha value is -1.43. The maximum atomic E-state index is 5.37. The van der Waals surface area contributed by atoms with E-state index in [0.29, 0.717) is 0 Å². The third-order valence-electron chi connectivity index (χ3n) is 3.76. The number of halogens is 1. The Kier molecular flexibility index (Phi) is 5.73. The van der Waals surface area contributed by atoms with Gasteiger partial charge in [0.25, 0.3) is 0 Å². The average molecular weight is 309 g/mol. The van der Waals surface area contributed by atoms with E-state index in [-0.39, 0.29) is 18.4 Å². The zero-order valence-electron chi connectivity index (χ0n) is 12.2. The van der Waals surface area contributed by atoms with Gasteiger partial charge in [-0.2, -0.15) is 4.98 Å². The predicted octanol–water partition coefficient (Wildman–Crippen LogP) is 1.85. The van der Waals surface area contributed by atoms with Gasteiger partial charge >= 0.3 is 0 Å². The summed E-state index contributed by atoms with van der Waals surface area (Å²) in [5.41, 5.74) is 1.30. The minimum Gasteiger partial charge on any atom is -0.339 e. The van der Waals surface area contributed by atoms with Gasteiger partial charge in [0.2, 0.25) is 5.89 Å². The maximum Gasteiger partial charge on any atom is 0.227 e. The highest BCUT2D eigenvalue weighted by Gasteiger charge is 2.24. The van der Waals surface area contributed by atoms with E-state index in [1.807, 2.05) is 6.07 Å². The van der Waals surface area contributed by atoms with Crippen molar-refractivity contribution >= 4 is 12.4 Å². The van der Waals surface area contributed by atoms with Crippen LogP contribution in [0.25, 0.3) is 0 Å². The first-order valence-corrected chi connectivity index (χ1v) is 7.10. The summed E-state index contributed by atoms with van der Waals surface area (Å²) in [5.74, 6) is 1.52. The van der Waals surface area contributed by atoms with Crippen molar-refractivity contribution in [2.45, 2.75) is 18.9 Å². The van der Waals surface area contributed by atoms with E-state index in [4.69, 9.17) is 4.52 Å². The molecule has 0 saturated carbocycles. The number of likely N-dealkylation sites (N-methyl/N-ethyl adjacent to an activating group) is 1. The summed E-state index contributed by atoms with van der Waals surface area (Å²) in [6.07, 6.45) is 1.72. The molecule has 114 valence electrons. The van der Waals surface area contributed by atoms with Crippen LogP contribution >= 0.6 is 12.4 Å². The van der Waals surface area contributed by atoms with E-state index in [0.717, 1.165) is 44.2 Å². The third-order valence-corrected chi connectivity index (χ3v) is 3.76. The van der Waals surface area contributed by atoms with E-state index < -0.39 is 0 Å². The van der Waals surface area contributed by atoms with Crippen LogP contribution in [0.2, 0.25) is 0 Å². The van der Waals surface area contributed by atoms with E-state index in [1.54, 1.807) is 0 Å². The summed E-state index contributed by atoms with van der Waals surface area (Å²) in [5, 5.41) is 7.50. The van der Waals surface area contributed by atoms with Crippen molar-refractivity contribution in [3.05, 3.63) is 47.6 Å². The summed E-state index contributed by atoms with van der Waals surface area (Å²) in [4.78, 5) is 6.81. The van der Waals surface area contributed by atoms with Crippen molar-refractivity contribution in [2.75, 3.05) is 26.7 Å². The molecule has 0 radical (unpaired) electrons. The van der Waals surface area contributed by atoms with Gasteiger partial charge in [-0.1, -0.05) is 35.5 Å². The van der Waals surface area contributed by atoms with Crippen molar-refractivity contribution < 1.29 is 4.52 Å². The van der Waals surface area contributed by atoms with Gasteiger partial charge in [0.15, 0.2) is 5.82 Å². The second kappa shape index (κ2) is 7.54. The number of benzene rings is 1. The number of hydrogen-bond donors (Lipinski definition) is 1. The molecule has 1 aromatic carbocycles. The Bertz CT molecular complexity index is 546. The molecule has 21 heavy (non-hydrogen) atoms. The van der Waals surface area contributed by atoms with Crippen molar-refractivity contribution in [3.63, 3.8) is 0 Å². The van der Waals surface area contributed by atoms with Gasteiger partial charge < -0.3 is 9.84 Å². The normalized spacial score (nSPS) is 19.2. The Balaban J connectivity index is 0.00000161. The Morgan fingerprint density at radius 2 is 2.10 bits per heavy atom. The Labute approximate surface area is 131 Å². The van der Waals surface area contributed by atoms with Gasteiger partial charge in [0, 0.05) is 26.1 Å². The Morgan fingerprint density at radius 1 is 1.29 bits per heavy atom. The minimum atomic E-state index is 0. The SMILES string of the molecule is CN1CCNCC1c1noc(CCc2ccccc2)n1.Cl. The molecule has 5 nitrogen and oxygen atoms in total. The van der Waals surface area contributed by atoms with Gasteiger partial charge in [-0.25, -0.2) is 0 Å². The number of piperazine rings is 1. The van der Waals surface area contributed by atoms with Crippen LogP contribution in [0.5, 0.6) is 0 Å². The lowest BCUT2D eigenvalue weighted by molar-refractivity contribution is 0.190. The third kappa shape index (κ3) is 4.03. The Morgan fingerprint density at radius 3 is 2.86 bits per heavy atom. The fourth-order valence-electron chi connectivity index (χ4n) is 2.50. The van der Waals surface area contributed by atoms with Gasteiger partial charge in [0.1, 0.15) is 0 Å². The molecular formula is C15H21ClN4O. The number of hydrogen-bond acceptors (Lipinski definition) is 5. The van der Waals surface area contributed by atoms with E-state index in [2.05, 4.69) is 51.7 Å². The topological polar surface area (TPSA) is 54.2 Å². The summed E-state index contributed by atoms with van der Waals surface area (Å²) in [6, 6.07) is 10.6. The summed E-state index contributed by atoms with van der Waals surface area (Å²) >= 11 is 0. The number of nitrogens with zero attached hydrogens (tertiary/aromatic N) is 3. The number of rotatable bonds is 4. The van der Waals surface area contributed by atoms with Crippen LogP contribution in [0.1, 0.15) is 23.3 Å². The molecule has 1 aliphatic heterocycles. The molecule has 2 heterocycles. The predicted molar refractivity (Wildman–Crippen MR) is 83.6 cm³/mol. The van der Waals surface area contributed by atoms with Crippen LogP contribution in [0, 0.1) is 0 Å². The monoisotopic (exact) mass is 308 g/mol. The lowest BCUT2D eigenvalue weighted by Crippen LogP contribution is -2.44. The fourth-order valence-corrected chi connectivity index (χ4v) is 2.50. The molecule has 0 amide bonds. The molecule has 0 spiro atoms. The molecule has 2 aromatic rings. The highest BCUT2D eigenvalue weighted by atomic mass is 35.5. The van der Waals surface area contributed by atoms with Crippen LogP contribution in [-0.4, -0.2) is 41.7 Å². The second-order valence-corrected chi connectivity index (χ2v) is 5.23. The number of nitrogens with one attached hydrogen (secondary N) is 1. The quantitative estimate of drug-likeness (QED) is 0.934. The molecule has 0 aliphatic carbocycles. The first-order chi connectivity index (χ1) is 9.83. The number of aryl methyl sites for hydroxylation is 2. The molecule has 1 aliphatic rings. The fraction of sp³-hybridized carbons (Fsp3) is 0.467. The van der Waals surface area contributed by atoms with Crippen molar-refractivity contribution in [3.8, 4) is 0 Å². The van der Waals surface area contributed by atoms with Crippen LogP contribution in [0.3, 0.4) is 0 Å². The number of aromatic nitrogens is 2. The molecule has 1 saturated heterocycles. The first kappa shape index (κ1) is 15.9. The van der Waals surface area contributed by atoms with Crippen LogP contribution in [0.15, 0.2) is 34.9 Å². The molecule has 1 N–H and O–H groups in total. The maximum absolute atomic E-state index is 5.37. The molecule has 0 bridgehead atoms. The van der Waals surface area contributed by atoms with Crippen LogP contribution in [-0.2, 0) is 12.8 Å². The van der Waals surface area contributed by atoms with Crippen molar-refractivity contribution in [2.24, 2.45) is 0 Å². The highest BCUT2D eigenvalue weighted by Crippen LogP contribution is 2.18. The molecular weight excluding hydrogens is 288 g/mol. The highest BCUT2D eigenvalue weighted by molar-refractivity contribution is 5.85. The van der Waals surface area contributed by atoms with Gasteiger partial charge in [0.05, 0.1) is 6.04 Å². The molecule has 3 rings (SSSR count). The largest absolute Gasteiger partial charge is 0.339 e. The van der Waals surface area contributed by atoms with Gasteiger partial charge in [-0.05, 0) is 19.0 Å². The van der Waals surface area contributed by atoms with E-state index in [1.165, 1.54) is 5.56 Å². The van der Waals surface area contributed by atoms with Crippen molar-refractivity contribution in [1.82, 2.24) is 20.4 Å². The van der Waals surface area contributed by atoms with Crippen LogP contribution < -0.4 is 5.32 Å². The van der Waals surface area contributed by atoms with Crippen molar-refractivity contribution in [1.29, 1.82) is 0 Å². The lowest BCUT2D eigenvalue weighted by Gasteiger charge is -2.30. The molecule has 1 aromatic heterocycles. The standard InChI is InChI=1S/C15H20N4O.ClH/c1-19-10-9-16-11-13(19)15-17-14(20-18-15)8-7-12-5-3-2-4-6-12;/h2-6,13,16H,7-11H2,1H3;1H. The molecule has 6 heteroatoms.